The Kier molecular flexibility index (Phi) is 2.27. The summed E-state index contributed by atoms with van der Waals surface area (Å²) >= 11 is 0. The molecule has 3 aliphatic rings. The van der Waals surface area contributed by atoms with Gasteiger partial charge in [0.2, 0.25) is 5.91 Å². The summed E-state index contributed by atoms with van der Waals surface area (Å²) in [6.45, 7) is 0.0643. The second-order valence-electron chi connectivity index (χ2n) is 5.86. The normalized spacial score (nSPS) is 43.4. The number of hydrogen-bond donors (Lipinski definition) is 3. The zero-order valence-electron chi connectivity index (χ0n) is 9.48. The maximum Gasteiger partial charge on any atom is 0.225 e. The Balaban J connectivity index is 1.67. The average molecular weight is 224 g/mol. The van der Waals surface area contributed by atoms with E-state index in [9.17, 15) is 9.90 Å². The molecular weight excluding hydrogens is 204 g/mol. The lowest BCUT2D eigenvalue weighted by molar-refractivity contribution is -0.128. The van der Waals surface area contributed by atoms with Crippen molar-refractivity contribution in [3.63, 3.8) is 0 Å². The molecule has 4 atom stereocenters. The van der Waals surface area contributed by atoms with Crippen LogP contribution in [-0.2, 0) is 4.79 Å². The van der Waals surface area contributed by atoms with Crippen molar-refractivity contribution in [2.45, 2.75) is 43.7 Å². The molecule has 4 heteroatoms. The first-order valence-corrected chi connectivity index (χ1v) is 6.34. The molecule has 3 fully saturated rings. The quantitative estimate of drug-likeness (QED) is 0.631. The smallest absolute Gasteiger partial charge is 0.225 e. The first-order chi connectivity index (χ1) is 7.65. The van der Waals surface area contributed by atoms with E-state index in [1.54, 1.807) is 0 Å². The molecule has 0 spiro atoms. The maximum atomic E-state index is 12.2. The minimum atomic E-state index is -0.293. The molecule has 0 heterocycles. The van der Waals surface area contributed by atoms with Crippen molar-refractivity contribution >= 4 is 5.91 Å². The molecule has 16 heavy (non-hydrogen) atoms. The van der Waals surface area contributed by atoms with Gasteiger partial charge in [-0.1, -0.05) is 0 Å². The number of fused-ring (bicyclic) bond motifs is 2. The van der Waals surface area contributed by atoms with E-state index in [-0.39, 0.29) is 30.0 Å². The lowest BCUT2D eigenvalue weighted by Crippen LogP contribution is -2.50. The van der Waals surface area contributed by atoms with Crippen molar-refractivity contribution in [1.29, 1.82) is 0 Å². The van der Waals surface area contributed by atoms with Crippen LogP contribution < -0.4 is 11.1 Å². The summed E-state index contributed by atoms with van der Waals surface area (Å²) in [4.78, 5) is 12.2. The first-order valence-electron chi connectivity index (χ1n) is 6.34. The second-order valence-corrected chi connectivity index (χ2v) is 5.86. The van der Waals surface area contributed by atoms with Crippen LogP contribution in [0.5, 0.6) is 0 Å². The van der Waals surface area contributed by atoms with Crippen LogP contribution in [0.15, 0.2) is 0 Å². The molecule has 0 aliphatic heterocycles. The van der Waals surface area contributed by atoms with Gasteiger partial charge in [-0.3, -0.25) is 4.79 Å². The van der Waals surface area contributed by atoms with Gasteiger partial charge in [0, 0.05) is 6.04 Å². The van der Waals surface area contributed by atoms with Gasteiger partial charge in [0.05, 0.1) is 18.1 Å². The molecule has 0 aromatic heterocycles. The van der Waals surface area contributed by atoms with Crippen molar-refractivity contribution in [2.75, 3.05) is 6.61 Å². The standard InChI is InChI=1S/C12H20N2O2/c13-10-8-2-1-7(5-8)9(10)11(16)14-12(6-15)3-4-12/h7-10,15H,1-6,13H2,(H,14,16). The largest absolute Gasteiger partial charge is 0.394 e. The molecule has 3 aliphatic carbocycles. The fraction of sp³-hybridized carbons (Fsp3) is 0.917. The van der Waals surface area contributed by atoms with Gasteiger partial charge in [-0.25, -0.2) is 0 Å². The number of rotatable bonds is 3. The third-order valence-electron chi connectivity index (χ3n) is 4.83. The van der Waals surface area contributed by atoms with Crippen molar-refractivity contribution in [1.82, 2.24) is 5.32 Å². The SMILES string of the molecule is NC1C2CCC(C2)C1C(=O)NC1(CO)CC1. The molecule has 90 valence electrons. The Morgan fingerprint density at radius 2 is 2.06 bits per heavy atom. The third-order valence-corrected chi connectivity index (χ3v) is 4.83. The highest BCUT2D eigenvalue weighted by Gasteiger charge is 2.52. The Labute approximate surface area is 95.6 Å². The summed E-state index contributed by atoms with van der Waals surface area (Å²) in [5.41, 5.74) is 5.83. The molecule has 0 radical (unpaired) electrons. The number of nitrogens with two attached hydrogens (primary N) is 1. The van der Waals surface area contributed by atoms with Crippen LogP contribution in [0, 0.1) is 17.8 Å². The molecule has 2 bridgehead atoms. The lowest BCUT2D eigenvalue weighted by atomic mass is 9.84. The minimum absolute atomic E-state index is 0.00257. The topological polar surface area (TPSA) is 75.4 Å². The van der Waals surface area contributed by atoms with Gasteiger partial charge < -0.3 is 16.2 Å². The average Bonchev–Trinajstić information content (AvgIpc) is 2.76. The summed E-state index contributed by atoms with van der Waals surface area (Å²) < 4.78 is 0. The van der Waals surface area contributed by atoms with E-state index >= 15 is 0 Å². The van der Waals surface area contributed by atoms with Gasteiger partial charge in [0.1, 0.15) is 0 Å². The van der Waals surface area contributed by atoms with Gasteiger partial charge in [0.25, 0.3) is 0 Å². The predicted octanol–water partition coefficient (Wildman–Crippen LogP) is 0.000900. The summed E-state index contributed by atoms with van der Waals surface area (Å²) in [6.07, 6.45) is 5.30. The van der Waals surface area contributed by atoms with Crippen molar-refractivity contribution in [2.24, 2.45) is 23.5 Å². The number of amides is 1. The zero-order chi connectivity index (χ0) is 11.3. The molecule has 0 aromatic rings. The van der Waals surface area contributed by atoms with Crippen molar-refractivity contribution < 1.29 is 9.90 Å². The number of aliphatic hydroxyl groups excluding tert-OH is 1. The van der Waals surface area contributed by atoms with E-state index in [0.29, 0.717) is 11.8 Å². The second kappa shape index (κ2) is 3.44. The van der Waals surface area contributed by atoms with Crippen LogP contribution in [0.2, 0.25) is 0 Å². The lowest BCUT2D eigenvalue weighted by Gasteiger charge is -2.28. The van der Waals surface area contributed by atoms with E-state index < -0.39 is 0 Å². The molecule has 4 N–H and O–H groups in total. The Morgan fingerprint density at radius 1 is 1.38 bits per heavy atom. The Morgan fingerprint density at radius 3 is 2.56 bits per heavy atom. The van der Waals surface area contributed by atoms with E-state index in [1.165, 1.54) is 6.42 Å². The van der Waals surface area contributed by atoms with Crippen LogP contribution in [-0.4, -0.2) is 29.2 Å². The molecule has 0 aromatic carbocycles. The van der Waals surface area contributed by atoms with Crippen molar-refractivity contribution in [3.05, 3.63) is 0 Å². The maximum absolute atomic E-state index is 12.2. The summed E-state index contributed by atoms with van der Waals surface area (Å²) in [6, 6.07) is 0.0493. The van der Waals surface area contributed by atoms with Crippen LogP contribution in [0.1, 0.15) is 32.1 Å². The number of aliphatic hydroxyl groups is 1. The van der Waals surface area contributed by atoms with Gasteiger partial charge in [-0.15, -0.1) is 0 Å². The van der Waals surface area contributed by atoms with Crippen LogP contribution in [0.25, 0.3) is 0 Å². The fourth-order valence-electron chi connectivity index (χ4n) is 3.54. The van der Waals surface area contributed by atoms with E-state index in [0.717, 1.165) is 25.7 Å². The molecular formula is C12H20N2O2. The number of nitrogens with one attached hydrogen (secondary N) is 1. The van der Waals surface area contributed by atoms with E-state index in [2.05, 4.69) is 5.32 Å². The predicted molar refractivity (Wildman–Crippen MR) is 59.5 cm³/mol. The van der Waals surface area contributed by atoms with Gasteiger partial charge in [-0.05, 0) is 43.9 Å². The molecule has 4 nitrogen and oxygen atoms in total. The Bertz CT molecular complexity index is 312. The molecule has 3 rings (SSSR count). The summed E-state index contributed by atoms with van der Waals surface area (Å²) in [5, 5.41) is 12.2. The fourth-order valence-corrected chi connectivity index (χ4v) is 3.54. The van der Waals surface area contributed by atoms with Crippen LogP contribution in [0.3, 0.4) is 0 Å². The molecule has 4 unspecified atom stereocenters. The monoisotopic (exact) mass is 224 g/mol. The Hall–Kier alpha value is -0.610. The van der Waals surface area contributed by atoms with E-state index in [4.69, 9.17) is 5.73 Å². The highest BCUT2D eigenvalue weighted by Crippen LogP contribution is 2.48. The van der Waals surface area contributed by atoms with Gasteiger partial charge in [-0.2, -0.15) is 0 Å². The summed E-state index contributed by atoms with van der Waals surface area (Å²) in [7, 11) is 0. The van der Waals surface area contributed by atoms with Crippen molar-refractivity contribution in [3.8, 4) is 0 Å². The first kappa shape index (κ1) is 10.5. The molecule has 1 amide bonds. The highest BCUT2D eigenvalue weighted by atomic mass is 16.3. The number of carbonyl (C=O) groups is 1. The van der Waals surface area contributed by atoms with E-state index in [1.807, 2.05) is 0 Å². The number of hydrogen-bond acceptors (Lipinski definition) is 3. The van der Waals surface area contributed by atoms with Crippen LogP contribution in [0.4, 0.5) is 0 Å². The highest BCUT2D eigenvalue weighted by molar-refractivity contribution is 5.81. The molecule has 0 saturated heterocycles. The molecule has 3 saturated carbocycles. The third kappa shape index (κ3) is 1.47. The van der Waals surface area contributed by atoms with Gasteiger partial charge in [0.15, 0.2) is 0 Å². The van der Waals surface area contributed by atoms with Gasteiger partial charge >= 0.3 is 0 Å². The number of carbonyl (C=O) groups excluding carboxylic acids is 1. The van der Waals surface area contributed by atoms with Crippen LogP contribution >= 0.6 is 0 Å². The summed E-state index contributed by atoms with van der Waals surface area (Å²) in [5.74, 6) is 1.15. The zero-order valence-corrected chi connectivity index (χ0v) is 9.48. The minimum Gasteiger partial charge on any atom is -0.394 e.